The molecule has 4 heteroatoms. The number of hydrogen-bond acceptors (Lipinski definition) is 2. The third kappa shape index (κ3) is 3.02. The first kappa shape index (κ1) is 9.94. The van der Waals surface area contributed by atoms with Crippen LogP contribution in [0.4, 0.5) is 0 Å². The zero-order chi connectivity index (χ0) is 8.85. The van der Waals surface area contributed by atoms with Crippen LogP contribution in [0.5, 0.6) is 0 Å². The van der Waals surface area contributed by atoms with Gasteiger partial charge in [0.15, 0.2) is 0 Å². The Morgan fingerprint density at radius 1 is 1.73 bits per heavy atom. The topological polar surface area (TPSA) is 49.4 Å². The third-order valence-electron chi connectivity index (χ3n) is 1.54. The van der Waals surface area contributed by atoms with E-state index in [0.717, 1.165) is 0 Å². The fraction of sp³-hybridized carbons (Fsp3) is 0.714. The van der Waals surface area contributed by atoms with E-state index in [4.69, 9.17) is 0 Å². The zero-order valence-corrected chi connectivity index (χ0v) is 7.13. The molecule has 0 saturated heterocycles. The highest BCUT2D eigenvalue weighted by Crippen LogP contribution is 1.89. The predicted molar refractivity (Wildman–Crippen MR) is 42.0 cm³/mol. The van der Waals surface area contributed by atoms with E-state index in [1.165, 1.54) is 0 Å². The van der Waals surface area contributed by atoms with Gasteiger partial charge in [-0.3, -0.25) is 9.59 Å². The lowest BCUT2D eigenvalue weighted by Crippen LogP contribution is -2.42. The minimum atomic E-state index is -0.419. The van der Waals surface area contributed by atoms with Crippen LogP contribution in [-0.4, -0.2) is 36.9 Å². The lowest BCUT2D eigenvalue weighted by molar-refractivity contribution is -0.132. The molecule has 0 spiro atoms. The van der Waals surface area contributed by atoms with Crippen LogP contribution < -0.4 is 5.32 Å². The molecule has 4 nitrogen and oxygen atoms in total. The lowest BCUT2D eigenvalue weighted by Gasteiger charge is -2.18. The maximum absolute atomic E-state index is 11.2. The average Bonchev–Trinajstić information content (AvgIpc) is 2.02. The second-order valence-electron chi connectivity index (χ2n) is 2.36. The Morgan fingerprint density at radius 3 is 2.64 bits per heavy atom. The van der Waals surface area contributed by atoms with Crippen molar-refractivity contribution in [3.63, 3.8) is 0 Å². The molecule has 0 fully saturated rings. The molecule has 0 rings (SSSR count). The van der Waals surface area contributed by atoms with Crippen molar-refractivity contribution in [2.75, 3.05) is 13.6 Å². The van der Waals surface area contributed by atoms with Gasteiger partial charge in [0, 0.05) is 13.6 Å². The number of nitrogens with one attached hydrogen (secondary N) is 1. The maximum atomic E-state index is 11.2. The Balaban J connectivity index is 3.90. The normalized spacial score (nSPS) is 11.9. The summed E-state index contributed by atoms with van der Waals surface area (Å²) in [6.07, 6.45) is 0.534. The minimum absolute atomic E-state index is 0.0698. The fourth-order valence-corrected chi connectivity index (χ4v) is 0.660. The maximum Gasteiger partial charge on any atom is 0.244 e. The van der Waals surface area contributed by atoms with Crippen molar-refractivity contribution in [1.82, 2.24) is 10.2 Å². The molecule has 1 atom stereocenters. The van der Waals surface area contributed by atoms with Gasteiger partial charge in [0.2, 0.25) is 12.3 Å². The van der Waals surface area contributed by atoms with Crippen molar-refractivity contribution in [2.24, 2.45) is 0 Å². The van der Waals surface area contributed by atoms with Crippen LogP contribution in [-0.2, 0) is 9.59 Å². The van der Waals surface area contributed by atoms with Crippen molar-refractivity contribution in [3.05, 3.63) is 0 Å². The molecule has 0 bridgehead atoms. The van der Waals surface area contributed by atoms with Gasteiger partial charge in [0.25, 0.3) is 0 Å². The van der Waals surface area contributed by atoms with Gasteiger partial charge in [-0.2, -0.15) is 0 Å². The molecule has 0 aliphatic heterocycles. The van der Waals surface area contributed by atoms with E-state index in [1.54, 1.807) is 18.9 Å². The molecule has 11 heavy (non-hydrogen) atoms. The molecular formula is C7H14N2O2. The highest BCUT2D eigenvalue weighted by atomic mass is 16.2. The Hall–Kier alpha value is -1.06. The standard InChI is InChI=1S/C7H14N2O2/c1-4-9(3)7(11)6(2)8-5-10/h5-6H,4H2,1-3H3,(H,8,10). The highest BCUT2D eigenvalue weighted by Gasteiger charge is 2.14. The third-order valence-corrected chi connectivity index (χ3v) is 1.54. The summed E-state index contributed by atoms with van der Waals surface area (Å²) in [5.74, 6) is -0.0698. The zero-order valence-electron chi connectivity index (χ0n) is 7.13. The van der Waals surface area contributed by atoms with E-state index in [2.05, 4.69) is 5.32 Å². The first-order valence-corrected chi connectivity index (χ1v) is 3.58. The smallest absolute Gasteiger partial charge is 0.244 e. The Bertz CT molecular complexity index is 147. The van der Waals surface area contributed by atoms with Crippen molar-refractivity contribution in [1.29, 1.82) is 0 Å². The predicted octanol–water partition coefficient (Wildman–Crippen LogP) is -0.401. The Labute approximate surface area is 66.6 Å². The molecule has 0 aliphatic carbocycles. The van der Waals surface area contributed by atoms with Gasteiger partial charge < -0.3 is 10.2 Å². The molecule has 0 aromatic carbocycles. The van der Waals surface area contributed by atoms with E-state index >= 15 is 0 Å². The highest BCUT2D eigenvalue weighted by molar-refractivity contribution is 5.82. The van der Waals surface area contributed by atoms with Crippen molar-refractivity contribution in [2.45, 2.75) is 19.9 Å². The molecule has 0 saturated carbocycles. The second-order valence-corrected chi connectivity index (χ2v) is 2.36. The monoisotopic (exact) mass is 158 g/mol. The number of hydrogen-bond donors (Lipinski definition) is 1. The Kier molecular flexibility index (Phi) is 4.26. The summed E-state index contributed by atoms with van der Waals surface area (Å²) < 4.78 is 0. The van der Waals surface area contributed by atoms with Gasteiger partial charge in [-0.25, -0.2) is 0 Å². The van der Waals surface area contributed by atoms with E-state index in [9.17, 15) is 9.59 Å². The van der Waals surface area contributed by atoms with Gasteiger partial charge in [0.1, 0.15) is 6.04 Å². The molecule has 1 unspecified atom stereocenters. The summed E-state index contributed by atoms with van der Waals surface area (Å²) in [6.45, 7) is 4.19. The summed E-state index contributed by atoms with van der Waals surface area (Å²) >= 11 is 0. The number of carbonyl (C=O) groups excluding carboxylic acids is 2. The molecule has 1 N–H and O–H groups in total. The van der Waals surface area contributed by atoms with Crippen molar-refractivity contribution < 1.29 is 9.59 Å². The average molecular weight is 158 g/mol. The quantitative estimate of drug-likeness (QED) is 0.566. The number of nitrogens with zero attached hydrogens (tertiary/aromatic N) is 1. The first-order valence-electron chi connectivity index (χ1n) is 3.58. The van der Waals surface area contributed by atoms with Gasteiger partial charge >= 0.3 is 0 Å². The van der Waals surface area contributed by atoms with E-state index in [-0.39, 0.29) is 5.91 Å². The SMILES string of the molecule is CCN(C)C(=O)C(C)NC=O. The van der Waals surface area contributed by atoms with Gasteiger partial charge in [0.05, 0.1) is 0 Å². The van der Waals surface area contributed by atoms with Gasteiger partial charge in [-0.05, 0) is 13.8 Å². The lowest BCUT2D eigenvalue weighted by atomic mass is 10.3. The van der Waals surface area contributed by atoms with Gasteiger partial charge in [-0.1, -0.05) is 0 Å². The summed E-state index contributed by atoms with van der Waals surface area (Å²) in [5, 5.41) is 2.39. The van der Waals surface area contributed by atoms with Gasteiger partial charge in [-0.15, -0.1) is 0 Å². The van der Waals surface area contributed by atoms with Crippen molar-refractivity contribution in [3.8, 4) is 0 Å². The molecule has 0 aromatic heterocycles. The second kappa shape index (κ2) is 4.71. The molecule has 2 amide bonds. The van der Waals surface area contributed by atoms with Crippen LogP contribution in [0.3, 0.4) is 0 Å². The number of rotatable bonds is 4. The van der Waals surface area contributed by atoms with Crippen LogP contribution in [0.2, 0.25) is 0 Å². The van der Waals surface area contributed by atoms with Crippen LogP contribution in [0, 0.1) is 0 Å². The fourth-order valence-electron chi connectivity index (χ4n) is 0.660. The number of amides is 2. The summed E-state index contributed by atoms with van der Waals surface area (Å²) in [7, 11) is 1.70. The minimum Gasteiger partial charge on any atom is -0.347 e. The first-order chi connectivity index (χ1) is 5.13. The Morgan fingerprint density at radius 2 is 2.27 bits per heavy atom. The van der Waals surface area contributed by atoms with E-state index in [1.807, 2.05) is 6.92 Å². The van der Waals surface area contributed by atoms with Crippen molar-refractivity contribution >= 4 is 12.3 Å². The molecule has 0 aromatic rings. The number of likely N-dealkylation sites (N-methyl/N-ethyl adjacent to an activating group) is 1. The van der Waals surface area contributed by atoms with Crippen LogP contribution in [0.15, 0.2) is 0 Å². The summed E-state index contributed by atoms with van der Waals surface area (Å²) in [5.41, 5.74) is 0. The molecule has 0 heterocycles. The van der Waals surface area contributed by atoms with E-state index in [0.29, 0.717) is 13.0 Å². The molecule has 64 valence electrons. The van der Waals surface area contributed by atoms with Crippen LogP contribution in [0.1, 0.15) is 13.8 Å². The van der Waals surface area contributed by atoms with Crippen LogP contribution in [0.25, 0.3) is 0 Å². The molecule has 0 aliphatic rings. The summed E-state index contributed by atoms with van der Waals surface area (Å²) in [6, 6.07) is -0.419. The largest absolute Gasteiger partial charge is 0.347 e. The molecule has 0 radical (unpaired) electrons. The van der Waals surface area contributed by atoms with Crippen LogP contribution >= 0.6 is 0 Å². The van der Waals surface area contributed by atoms with E-state index < -0.39 is 6.04 Å². The summed E-state index contributed by atoms with van der Waals surface area (Å²) in [4.78, 5) is 22.7. The number of carbonyl (C=O) groups is 2. The molecular weight excluding hydrogens is 144 g/mol.